The third kappa shape index (κ3) is 4.28. The van der Waals surface area contributed by atoms with Gasteiger partial charge >= 0.3 is 13.5 Å². The van der Waals surface area contributed by atoms with Gasteiger partial charge in [0.05, 0.1) is 17.9 Å². The Balaban J connectivity index is 1.71. The summed E-state index contributed by atoms with van der Waals surface area (Å²) in [7, 11) is -4.86. The molecule has 1 aliphatic heterocycles. The summed E-state index contributed by atoms with van der Waals surface area (Å²) < 4.78 is 22.2. The molecule has 18 heteroatoms. The van der Waals surface area contributed by atoms with E-state index in [1.807, 2.05) is 0 Å². The van der Waals surface area contributed by atoms with E-state index in [0.29, 0.717) is 0 Å². The molecule has 0 amide bonds. The first-order valence-electron chi connectivity index (χ1n) is 9.11. The quantitative estimate of drug-likeness (QED) is 0.138. The molecule has 0 bridgehead atoms. The molecular formula is C15H17N6O10PS. The number of ether oxygens (including phenoxy) is 1. The molecular weight excluding hydrogens is 487 g/mol. The zero-order valence-corrected chi connectivity index (χ0v) is 18.3. The molecule has 16 nitrogen and oxygen atoms in total. The van der Waals surface area contributed by atoms with Crippen LogP contribution in [-0.2, 0) is 19.6 Å². The largest absolute Gasteiger partial charge is 0.469 e. The fourth-order valence-corrected chi connectivity index (χ4v) is 4.50. The minimum absolute atomic E-state index is 0.0919. The van der Waals surface area contributed by atoms with E-state index in [0.717, 1.165) is 22.2 Å². The summed E-state index contributed by atoms with van der Waals surface area (Å²) in [6, 6.07) is 1.28. The van der Waals surface area contributed by atoms with Gasteiger partial charge in [0, 0.05) is 6.07 Å². The van der Waals surface area contributed by atoms with Crippen molar-refractivity contribution in [3.63, 3.8) is 0 Å². The van der Waals surface area contributed by atoms with Crippen molar-refractivity contribution in [1.29, 1.82) is 0 Å². The van der Waals surface area contributed by atoms with E-state index in [4.69, 9.17) is 14.5 Å². The fourth-order valence-electron chi connectivity index (χ4n) is 3.41. The SMILES string of the molecule is C[C@@]1(n2cnc3c(=O)[nH]c(Nc4sccc4[N+](=O)[O-])nc32)O[C@H](COP(=O)(O)O)[C@@H](O)[C@H]1O. The molecule has 1 fully saturated rings. The lowest BCUT2D eigenvalue weighted by atomic mass is 10.0. The average Bonchev–Trinajstić information content (AvgIpc) is 3.41. The Hall–Kier alpha value is -2.76. The number of hydrogen-bond donors (Lipinski definition) is 6. The second-order valence-electron chi connectivity index (χ2n) is 7.15. The lowest BCUT2D eigenvalue weighted by Gasteiger charge is -2.29. The van der Waals surface area contributed by atoms with Crippen molar-refractivity contribution in [2.24, 2.45) is 0 Å². The van der Waals surface area contributed by atoms with Gasteiger partial charge in [0.25, 0.3) is 5.56 Å². The molecule has 0 aromatic carbocycles. The zero-order chi connectivity index (χ0) is 24.1. The number of aromatic amines is 1. The topological polar surface area (TPSA) is 235 Å². The van der Waals surface area contributed by atoms with Gasteiger partial charge in [0.2, 0.25) is 5.95 Å². The highest BCUT2D eigenvalue weighted by atomic mass is 32.1. The average molecular weight is 504 g/mol. The maximum atomic E-state index is 12.5. The van der Waals surface area contributed by atoms with Crippen LogP contribution in [0.2, 0.25) is 0 Å². The van der Waals surface area contributed by atoms with Crippen molar-refractivity contribution in [2.45, 2.75) is 31.0 Å². The van der Waals surface area contributed by atoms with E-state index < -0.39 is 48.9 Å². The summed E-state index contributed by atoms with van der Waals surface area (Å²) in [4.78, 5) is 51.4. The molecule has 33 heavy (non-hydrogen) atoms. The van der Waals surface area contributed by atoms with Gasteiger partial charge in [0.1, 0.15) is 18.3 Å². The number of aromatic nitrogens is 4. The summed E-state index contributed by atoms with van der Waals surface area (Å²) in [6.45, 7) is 0.618. The monoisotopic (exact) mass is 504 g/mol. The molecule has 4 heterocycles. The van der Waals surface area contributed by atoms with Crippen molar-refractivity contribution in [2.75, 3.05) is 11.9 Å². The van der Waals surface area contributed by atoms with Gasteiger partial charge in [-0.25, -0.2) is 9.55 Å². The molecule has 4 atom stereocenters. The van der Waals surface area contributed by atoms with Crippen LogP contribution in [-0.4, -0.2) is 69.4 Å². The number of rotatable bonds is 7. The number of fused-ring (bicyclic) bond motifs is 1. The maximum absolute atomic E-state index is 12.5. The molecule has 6 N–H and O–H groups in total. The van der Waals surface area contributed by atoms with Crippen LogP contribution in [0.4, 0.5) is 16.6 Å². The van der Waals surface area contributed by atoms with Gasteiger partial charge in [-0.2, -0.15) is 4.98 Å². The van der Waals surface area contributed by atoms with Gasteiger partial charge in [-0.3, -0.25) is 29.0 Å². The Morgan fingerprint density at radius 3 is 2.88 bits per heavy atom. The molecule has 3 aromatic heterocycles. The predicted molar refractivity (Wildman–Crippen MR) is 111 cm³/mol. The first-order chi connectivity index (χ1) is 15.4. The number of nitro groups is 1. The summed E-state index contributed by atoms with van der Waals surface area (Å²) in [5.41, 5.74) is -2.93. The molecule has 4 rings (SSSR count). The Kier molecular flexibility index (Phi) is 5.83. The molecule has 0 saturated carbocycles. The van der Waals surface area contributed by atoms with Crippen LogP contribution in [0.5, 0.6) is 0 Å². The highest BCUT2D eigenvalue weighted by Gasteiger charge is 2.53. The second-order valence-corrected chi connectivity index (χ2v) is 9.31. The van der Waals surface area contributed by atoms with Crippen LogP contribution in [0.3, 0.4) is 0 Å². The summed E-state index contributed by atoms with van der Waals surface area (Å²) in [6.07, 6.45) is -3.43. The highest BCUT2D eigenvalue weighted by Crippen LogP contribution is 2.41. The number of phosphoric acid groups is 1. The number of H-pyrrole nitrogens is 1. The van der Waals surface area contributed by atoms with Gasteiger partial charge in [0.15, 0.2) is 21.9 Å². The maximum Gasteiger partial charge on any atom is 0.469 e. The van der Waals surface area contributed by atoms with E-state index in [-0.39, 0.29) is 27.8 Å². The Bertz CT molecular complexity index is 1320. The molecule has 1 saturated heterocycles. The van der Waals surface area contributed by atoms with E-state index in [1.165, 1.54) is 18.4 Å². The van der Waals surface area contributed by atoms with Crippen molar-refractivity contribution in [3.8, 4) is 0 Å². The van der Waals surface area contributed by atoms with Crippen LogP contribution >= 0.6 is 19.2 Å². The second kappa shape index (κ2) is 8.23. The minimum atomic E-state index is -4.86. The van der Waals surface area contributed by atoms with Gasteiger partial charge in [-0.1, -0.05) is 0 Å². The number of nitrogens with zero attached hydrogens (tertiary/aromatic N) is 4. The van der Waals surface area contributed by atoms with Crippen LogP contribution in [0, 0.1) is 10.1 Å². The molecule has 0 unspecified atom stereocenters. The normalized spacial score (nSPS) is 25.5. The summed E-state index contributed by atoms with van der Waals surface area (Å²) >= 11 is 1.01. The third-order valence-corrected chi connectivity index (χ3v) is 6.31. The first-order valence-corrected chi connectivity index (χ1v) is 11.5. The van der Waals surface area contributed by atoms with Crippen molar-refractivity contribution in [1.82, 2.24) is 19.5 Å². The van der Waals surface area contributed by atoms with Gasteiger partial charge < -0.3 is 30.1 Å². The fraction of sp³-hybridized carbons (Fsp3) is 0.400. The number of nitrogens with one attached hydrogen (secondary N) is 2. The molecule has 3 aromatic rings. The number of imidazole rings is 1. The summed E-state index contributed by atoms with van der Waals surface area (Å²) in [5, 5.41) is 36.3. The molecule has 178 valence electrons. The third-order valence-electron chi connectivity index (χ3n) is 5.01. The molecule has 0 radical (unpaired) electrons. The number of hydrogen-bond acceptors (Lipinski definition) is 12. The Morgan fingerprint density at radius 1 is 1.48 bits per heavy atom. The zero-order valence-electron chi connectivity index (χ0n) is 16.6. The molecule has 0 aliphatic carbocycles. The van der Waals surface area contributed by atoms with E-state index in [9.17, 15) is 29.7 Å². The number of thiophene rings is 1. The van der Waals surface area contributed by atoms with E-state index in [1.54, 1.807) is 0 Å². The lowest BCUT2D eigenvalue weighted by Crippen LogP contribution is -2.43. The van der Waals surface area contributed by atoms with Crippen LogP contribution < -0.4 is 10.9 Å². The van der Waals surface area contributed by atoms with Crippen molar-refractivity contribution in [3.05, 3.63) is 38.2 Å². The van der Waals surface area contributed by atoms with E-state index >= 15 is 0 Å². The van der Waals surface area contributed by atoms with Crippen molar-refractivity contribution >= 4 is 47.0 Å². The van der Waals surface area contributed by atoms with E-state index in [2.05, 4.69) is 24.8 Å². The number of aliphatic hydroxyl groups excluding tert-OH is 2. The van der Waals surface area contributed by atoms with Crippen LogP contribution in [0.1, 0.15) is 6.92 Å². The summed E-state index contributed by atoms with van der Waals surface area (Å²) in [5.74, 6) is -0.155. The Labute approximate surface area is 186 Å². The standard InChI is InChI=1S/C15H17N6O10PS/c1-15(10(23)9(22)7(31-15)4-30-32(27,28)29)20-5-16-8-11(20)17-14(18-12(8)24)19-13-6(21(25)26)2-3-33-13/h2-3,5,7,9-10,22-23H,4H2,1H3,(H2,27,28,29)(H2,17,18,19,24)/t7-,9-,10-,15-/m1/s1. The smallest absolute Gasteiger partial charge is 0.387 e. The Morgan fingerprint density at radius 2 is 2.21 bits per heavy atom. The lowest BCUT2D eigenvalue weighted by molar-refractivity contribution is -0.383. The predicted octanol–water partition coefficient (Wildman–Crippen LogP) is -0.265. The van der Waals surface area contributed by atoms with Crippen molar-refractivity contribution < 1.29 is 38.7 Å². The number of aliphatic hydroxyl groups is 2. The molecule has 0 spiro atoms. The first kappa shape index (κ1) is 23.4. The number of anilines is 2. The minimum Gasteiger partial charge on any atom is -0.387 e. The number of phosphoric ester groups is 1. The van der Waals surface area contributed by atoms with Gasteiger partial charge in [-0.05, 0) is 12.3 Å². The van der Waals surface area contributed by atoms with Gasteiger partial charge in [-0.15, -0.1) is 11.3 Å². The highest BCUT2D eigenvalue weighted by molar-refractivity contribution is 7.46. The van der Waals surface area contributed by atoms with Crippen LogP contribution in [0.15, 0.2) is 22.6 Å². The molecule has 1 aliphatic rings. The van der Waals surface area contributed by atoms with Crippen LogP contribution in [0.25, 0.3) is 11.2 Å².